The summed E-state index contributed by atoms with van der Waals surface area (Å²) in [6.45, 7) is 4.18. The Morgan fingerprint density at radius 3 is 2.68 bits per heavy atom. The molecule has 5 heteroatoms. The van der Waals surface area contributed by atoms with Crippen LogP contribution in [0.25, 0.3) is 0 Å². The molecule has 0 saturated heterocycles. The van der Waals surface area contributed by atoms with Crippen molar-refractivity contribution in [2.75, 3.05) is 26.9 Å². The molecule has 1 aromatic rings. The van der Waals surface area contributed by atoms with Gasteiger partial charge in [0.15, 0.2) is 0 Å². The highest BCUT2D eigenvalue weighted by molar-refractivity contribution is 5.77. The minimum Gasteiger partial charge on any atom is -0.372 e. The maximum absolute atomic E-state index is 13.8. The Kier molecular flexibility index (Phi) is 5.92. The van der Waals surface area contributed by atoms with Gasteiger partial charge >= 0.3 is 0 Å². The smallest absolute Gasteiger partial charge is 0.246 e. The zero-order chi connectivity index (χ0) is 14.3. The molecule has 1 amide bonds. The summed E-state index contributed by atoms with van der Waals surface area (Å²) in [5, 5.41) is 2.68. The number of rotatable bonds is 7. The van der Waals surface area contributed by atoms with Gasteiger partial charge in [0.05, 0.1) is 6.54 Å². The van der Waals surface area contributed by atoms with Crippen molar-refractivity contribution in [1.82, 2.24) is 5.32 Å². The Balaban J connectivity index is 2.71. The van der Waals surface area contributed by atoms with Crippen LogP contribution in [0, 0.1) is 5.82 Å². The first-order chi connectivity index (χ1) is 9.03. The number of ether oxygens (including phenoxy) is 2. The molecule has 0 aliphatic carbocycles. The molecule has 0 aliphatic heterocycles. The summed E-state index contributed by atoms with van der Waals surface area (Å²) in [4.78, 5) is 11.5. The summed E-state index contributed by atoms with van der Waals surface area (Å²) in [7, 11) is 1.49. The van der Waals surface area contributed by atoms with Crippen LogP contribution < -0.4 is 5.32 Å². The molecule has 0 saturated carbocycles. The molecular weight excluding hydrogens is 249 g/mol. The monoisotopic (exact) mass is 269 g/mol. The van der Waals surface area contributed by atoms with Gasteiger partial charge in [-0.2, -0.15) is 0 Å². The van der Waals surface area contributed by atoms with E-state index in [9.17, 15) is 9.18 Å². The van der Waals surface area contributed by atoms with Gasteiger partial charge in [0.25, 0.3) is 0 Å². The number of carbonyl (C=O) groups excluding carboxylic acids is 1. The van der Waals surface area contributed by atoms with Gasteiger partial charge in [0, 0.05) is 19.3 Å². The van der Waals surface area contributed by atoms with Crippen LogP contribution >= 0.6 is 0 Å². The molecular formula is C14H20FNO3. The second kappa shape index (κ2) is 7.21. The van der Waals surface area contributed by atoms with E-state index in [4.69, 9.17) is 9.47 Å². The molecule has 106 valence electrons. The fourth-order valence-electron chi connectivity index (χ4n) is 1.68. The SMILES string of the molecule is CCOCC(=O)NC[C@](C)(OC)c1ccccc1F. The zero-order valence-corrected chi connectivity index (χ0v) is 11.5. The van der Waals surface area contributed by atoms with Crippen LogP contribution in [-0.2, 0) is 19.9 Å². The van der Waals surface area contributed by atoms with Gasteiger partial charge in [-0.25, -0.2) is 4.39 Å². The normalized spacial score (nSPS) is 13.9. The lowest BCUT2D eigenvalue weighted by molar-refractivity contribution is -0.127. The van der Waals surface area contributed by atoms with E-state index in [0.29, 0.717) is 12.2 Å². The van der Waals surface area contributed by atoms with Gasteiger partial charge in [0.2, 0.25) is 5.91 Å². The van der Waals surface area contributed by atoms with Crippen LogP contribution in [0.3, 0.4) is 0 Å². The van der Waals surface area contributed by atoms with Crippen LogP contribution in [0.2, 0.25) is 0 Å². The lowest BCUT2D eigenvalue weighted by Gasteiger charge is -2.29. The topological polar surface area (TPSA) is 47.6 Å². The second-order valence-corrected chi connectivity index (χ2v) is 4.33. The highest BCUT2D eigenvalue weighted by Crippen LogP contribution is 2.26. The molecule has 0 bridgehead atoms. The number of hydrogen-bond donors (Lipinski definition) is 1. The van der Waals surface area contributed by atoms with E-state index in [-0.39, 0.29) is 24.9 Å². The van der Waals surface area contributed by atoms with Gasteiger partial charge in [0.1, 0.15) is 18.0 Å². The van der Waals surface area contributed by atoms with Crippen LogP contribution in [0.15, 0.2) is 24.3 Å². The highest BCUT2D eigenvalue weighted by atomic mass is 19.1. The molecule has 0 unspecified atom stereocenters. The molecule has 1 atom stereocenters. The van der Waals surface area contributed by atoms with Gasteiger partial charge in [-0.1, -0.05) is 18.2 Å². The molecule has 4 nitrogen and oxygen atoms in total. The Morgan fingerprint density at radius 1 is 1.42 bits per heavy atom. The van der Waals surface area contributed by atoms with Crippen molar-refractivity contribution in [3.63, 3.8) is 0 Å². The molecule has 0 spiro atoms. The number of halogens is 1. The summed E-state index contributed by atoms with van der Waals surface area (Å²) in [6.07, 6.45) is 0. The molecule has 1 N–H and O–H groups in total. The van der Waals surface area contributed by atoms with Crippen molar-refractivity contribution in [1.29, 1.82) is 0 Å². The average Bonchev–Trinajstić information content (AvgIpc) is 2.43. The van der Waals surface area contributed by atoms with E-state index in [2.05, 4.69) is 5.32 Å². The number of benzene rings is 1. The summed E-state index contributed by atoms with van der Waals surface area (Å²) in [5.41, 5.74) is -0.498. The minimum absolute atomic E-state index is 0.00638. The van der Waals surface area contributed by atoms with E-state index in [1.165, 1.54) is 13.2 Å². The van der Waals surface area contributed by atoms with Crippen molar-refractivity contribution in [3.8, 4) is 0 Å². The predicted molar refractivity (Wildman–Crippen MR) is 70.3 cm³/mol. The van der Waals surface area contributed by atoms with E-state index < -0.39 is 5.60 Å². The first-order valence-electron chi connectivity index (χ1n) is 6.18. The number of nitrogens with one attached hydrogen (secondary N) is 1. The maximum atomic E-state index is 13.8. The summed E-state index contributed by atoms with van der Waals surface area (Å²) in [6, 6.07) is 6.36. The first-order valence-corrected chi connectivity index (χ1v) is 6.18. The van der Waals surface area contributed by atoms with Crippen molar-refractivity contribution < 1.29 is 18.7 Å². The summed E-state index contributed by atoms with van der Waals surface area (Å²) >= 11 is 0. The third-order valence-corrected chi connectivity index (χ3v) is 2.95. The Labute approximate surface area is 112 Å². The van der Waals surface area contributed by atoms with Gasteiger partial charge in [-0.05, 0) is 19.9 Å². The Hall–Kier alpha value is -1.46. The second-order valence-electron chi connectivity index (χ2n) is 4.33. The zero-order valence-electron chi connectivity index (χ0n) is 11.5. The number of amides is 1. The van der Waals surface area contributed by atoms with Gasteiger partial charge in [-0.15, -0.1) is 0 Å². The van der Waals surface area contributed by atoms with Gasteiger partial charge in [-0.3, -0.25) is 4.79 Å². The lowest BCUT2D eigenvalue weighted by Crippen LogP contribution is -2.41. The lowest BCUT2D eigenvalue weighted by atomic mass is 9.95. The standard InChI is InChI=1S/C14H20FNO3/c1-4-19-9-13(17)16-10-14(2,18-3)11-7-5-6-8-12(11)15/h5-8H,4,9-10H2,1-3H3,(H,16,17)/t14-/m0/s1. The fraction of sp³-hybridized carbons (Fsp3) is 0.500. The highest BCUT2D eigenvalue weighted by Gasteiger charge is 2.29. The molecule has 1 aromatic carbocycles. The third-order valence-electron chi connectivity index (χ3n) is 2.95. The maximum Gasteiger partial charge on any atom is 0.246 e. The van der Waals surface area contributed by atoms with Crippen molar-refractivity contribution in [2.24, 2.45) is 0 Å². The number of methoxy groups -OCH3 is 1. The Bertz CT molecular complexity index is 425. The van der Waals surface area contributed by atoms with E-state index in [1.807, 2.05) is 6.92 Å². The molecule has 0 aromatic heterocycles. The molecule has 1 rings (SSSR count). The van der Waals surface area contributed by atoms with Gasteiger partial charge < -0.3 is 14.8 Å². The van der Waals surface area contributed by atoms with Crippen molar-refractivity contribution in [2.45, 2.75) is 19.4 Å². The molecule has 0 aliphatic rings. The van der Waals surface area contributed by atoms with Crippen molar-refractivity contribution >= 4 is 5.91 Å². The average molecular weight is 269 g/mol. The first kappa shape index (κ1) is 15.6. The van der Waals surface area contributed by atoms with E-state index in [0.717, 1.165) is 0 Å². The minimum atomic E-state index is -0.910. The van der Waals surface area contributed by atoms with Crippen LogP contribution in [-0.4, -0.2) is 32.8 Å². The predicted octanol–water partition coefficient (Wildman–Crippen LogP) is 1.84. The largest absolute Gasteiger partial charge is 0.372 e. The fourth-order valence-corrected chi connectivity index (χ4v) is 1.68. The quantitative estimate of drug-likeness (QED) is 0.821. The summed E-state index contributed by atoms with van der Waals surface area (Å²) in [5.74, 6) is -0.604. The molecule has 0 radical (unpaired) electrons. The van der Waals surface area contributed by atoms with Crippen LogP contribution in [0.4, 0.5) is 4.39 Å². The van der Waals surface area contributed by atoms with Crippen molar-refractivity contribution in [3.05, 3.63) is 35.6 Å². The Morgan fingerprint density at radius 2 is 2.11 bits per heavy atom. The molecule has 0 fully saturated rings. The van der Waals surface area contributed by atoms with Crippen LogP contribution in [0.1, 0.15) is 19.4 Å². The van der Waals surface area contributed by atoms with E-state index in [1.54, 1.807) is 25.1 Å². The molecule has 0 heterocycles. The third kappa shape index (κ3) is 4.29. The number of hydrogen-bond acceptors (Lipinski definition) is 3. The molecule has 19 heavy (non-hydrogen) atoms. The number of carbonyl (C=O) groups is 1. The van der Waals surface area contributed by atoms with Crippen LogP contribution in [0.5, 0.6) is 0 Å². The summed E-state index contributed by atoms with van der Waals surface area (Å²) < 4.78 is 24.1. The van der Waals surface area contributed by atoms with E-state index >= 15 is 0 Å².